The molecular formula is C24H29ClFN5O3. The molecule has 0 bridgehead atoms. The molecule has 5 rings (SSSR count). The molecule has 1 aromatic heterocycles. The number of halogens is 2. The lowest BCUT2D eigenvalue weighted by molar-refractivity contribution is -0.129. The summed E-state index contributed by atoms with van der Waals surface area (Å²) in [7, 11) is 0. The van der Waals surface area contributed by atoms with Gasteiger partial charge in [-0.15, -0.1) is 0 Å². The van der Waals surface area contributed by atoms with E-state index in [1.807, 2.05) is 0 Å². The van der Waals surface area contributed by atoms with Crippen molar-refractivity contribution in [3.05, 3.63) is 46.4 Å². The Balaban J connectivity index is 1.28. The Labute approximate surface area is 203 Å². The number of carbonyl (C=O) groups is 1. The van der Waals surface area contributed by atoms with Gasteiger partial charge in [0.15, 0.2) is 6.10 Å². The quantitative estimate of drug-likeness (QED) is 0.573. The highest BCUT2D eigenvalue weighted by Gasteiger charge is 2.33. The van der Waals surface area contributed by atoms with Crippen LogP contribution in [0, 0.1) is 5.82 Å². The molecule has 8 nitrogen and oxygen atoms in total. The summed E-state index contributed by atoms with van der Waals surface area (Å²) in [4.78, 5) is 22.2. The van der Waals surface area contributed by atoms with Gasteiger partial charge in [0.1, 0.15) is 5.82 Å². The molecule has 1 amide bonds. The van der Waals surface area contributed by atoms with Crippen molar-refractivity contribution in [3.8, 4) is 5.88 Å². The first kappa shape index (κ1) is 23.3. The maximum atomic E-state index is 14.2. The van der Waals surface area contributed by atoms with Crippen molar-refractivity contribution in [3.63, 3.8) is 0 Å². The summed E-state index contributed by atoms with van der Waals surface area (Å²) in [5.41, 5.74) is 1.56. The predicted molar refractivity (Wildman–Crippen MR) is 126 cm³/mol. The van der Waals surface area contributed by atoms with Gasteiger partial charge in [-0.3, -0.25) is 4.79 Å². The highest BCUT2D eigenvalue weighted by atomic mass is 35.5. The molecule has 0 spiro atoms. The fraction of sp³-hybridized carbons (Fsp3) is 0.542. The number of anilines is 1. The lowest BCUT2D eigenvalue weighted by atomic mass is 9.97. The van der Waals surface area contributed by atoms with Crippen molar-refractivity contribution < 1.29 is 18.7 Å². The molecule has 34 heavy (non-hydrogen) atoms. The summed E-state index contributed by atoms with van der Waals surface area (Å²) in [6.07, 6.45) is 5.93. The second-order valence-electron chi connectivity index (χ2n) is 9.06. The summed E-state index contributed by atoms with van der Waals surface area (Å²) in [5, 5.41) is 9.90. The molecule has 0 saturated carbocycles. The molecule has 3 aliphatic heterocycles. The van der Waals surface area contributed by atoms with Gasteiger partial charge in [0, 0.05) is 37.1 Å². The van der Waals surface area contributed by atoms with Crippen molar-refractivity contribution in [2.24, 2.45) is 0 Å². The van der Waals surface area contributed by atoms with E-state index in [-0.39, 0.29) is 29.1 Å². The minimum absolute atomic E-state index is 0.0120. The fourth-order valence-corrected chi connectivity index (χ4v) is 4.91. The molecule has 0 aliphatic carbocycles. The van der Waals surface area contributed by atoms with Crippen LogP contribution in [0.1, 0.15) is 49.3 Å². The minimum Gasteiger partial charge on any atom is -0.464 e. The van der Waals surface area contributed by atoms with E-state index in [1.165, 1.54) is 12.1 Å². The number of benzene rings is 1. The average Bonchev–Trinajstić information content (AvgIpc) is 3.39. The van der Waals surface area contributed by atoms with Crippen molar-refractivity contribution in [2.45, 2.75) is 62.8 Å². The number of nitrogens with one attached hydrogen (secondary N) is 3. The van der Waals surface area contributed by atoms with Crippen LogP contribution in [-0.4, -0.2) is 53.8 Å². The molecule has 0 unspecified atom stereocenters. The zero-order valence-electron chi connectivity index (χ0n) is 18.9. The number of carbonyl (C=O) groups excluding carboxylic acids is 1. The second-order valence-corrected chi connectivity index (χ2v) is 9.47. The number of aromatic nitrogens is 2. The Morgan fingerprint density at radius 2 is 2.09 bits per heavy atom. The van der Waals surface area contributed by atoms with E-state index in [0.717, 1.165) is 51.0 Å². The molecule has 2 saturated heterocycles. The van der Waals surface area contributed by atoms with Gasteiger partial charge in [0.05, 0.1) is 11.1 Å². The monoisotopic (exact) mass is 489 g/mol. The molecule has 2 fully saturated rings. The summed E-state index contributed by atoms with van der Waals surface area (Å²) in [6.45, 7) is 2.30. The zero-order valence-corrected chi connectivity index (χ0v) is 19.6. The van der Waals surface area contributed by atoms with Gasteiger partial charge in [-0.05, 0) is 62.8 Å². The first-order valence-electron chi connectivity index (χ1n) is 11.9. The number of fused-ring (bicyclic) bond motifs is 1. The topological polar surface area (TPSA) is 97.4 Å². The molecule has 10 heteroatoms. The molecule has 3 atom stereocenters. The summed E-state index contributed by atoms with van der Waals surface area (Å²) in [6, 6.07) is 4.56. The molecule has 2 aromatic rings. The maximum absolute atomic E-state index is 14.2. The lowest BCUT2D eigenvalue weighted by Gasteiger charge is -2.30. The smallest absolute Gasteiger partial charge is 0.261 e. The predicted octanol–water partition coefficient (Wildman–Crippen LogP) is 3.16. The average molecular weight is 490 g/mol. The van der Waals surface area contributed by atoms with Crippen molar-refractivity contribution in [1.29, 1.82) is 0 Å². The van der Waals surface area contributed by atoms with Crippen molar-refractivity contribution in [1.82, 2.24) is 20.6 Å². The third-order valence-electron chi connectivity index (χ3n) is 6.70. The first-order chi connectivity index (χ1) is 16.6. The minimum atomic E-state index is -0.681. The molecular weight excluding hydrogens is 461 g/mol. The van der Waals surface area contributed by atoms with Crippen LogP contribution in [0.2, 0.25) is 5.02 Å². The number of hydrogen-bond donors (Lipinski definition) is 3. The number of nitrogens with zero attached hydrogens (tertiary/aromatic N) is 2. The molecule has 3 N–H and O–H groups in total. The van der Waals surface area contributed by atoms with Gasteiger partial charge in [0.2, 0.25) is 11.8 Å². The number of ether oxygens (including phenoxy) is 2. The molecule has 4 heterocycles. The van der Waals surface area contributed by atoms with Crippen LogP contribution < -0.4 is 20.7 Å². The van der Waals surface area contributed by atoms with E-state index < -0.39 is 11.9 Å². The summed E-state index contributed by atoms with van der Waals surface area (Å²) in [5.74, 6) is 0.193. The van der Waals surface area contributed by atoms with Crippen LogP contribution in [0.3, 0.4) is 0 Å². The van der Waals surface area contributed by atoms with Gasteiger partial charge >= 0.3 is 0 Å². The Morgan fingerprint density at radius 3 is 2.85 bits per heavy atom. The van der Waals surface area contributed by atoms with Gasteiger partial charge in [0.25, 0.3) is 5.91 Å². The van der Waals surface area contributed by atoms with E-state index in [1.54, 1.807) is 12.3 Å². The molecule has 1 aromatic carbocycles. The number of aryl methyl sites for hydroxylation is 1. The SMILES string of the molecule is O=C(N[C@H](c1ccc(Cl)c(F)c1)[C@@H]1CCCN1)[C@H]1CCc2cnc(NC3CCOCC3)nc2O1. The molecule has 182 valence electrons. The Kier molecular flexibility index (Phi) is 7.12. The van der Waals surface area contributed by atoms with Gasteiger partial charge in [-0.25, -0.2) is 9.37 Å². The fourth-order valence-electron chi connectivity index (χ4n) is 4.79. The largest absolute Gasteiger partial charge is 0.464 e. The van der Waals surface area contributed by atoms with Crippen molar-refractivity contribution >= 4 is 23.5 Å². The van der Waals surface area contributed by atoms with Crippen molar-refractivity contribution in [2.75, 3.05) is 25.1 Å². The van der Waals surface area contributed by atoms with Crippen LogP contribution in [0.15, 0.2) is 24.4 Å². The van der Waals surface area contributed by atoms with E-state index >= 15 is 0 Å². The van der Waals surface area contributed by atoms with Gasteiger partial charge in [-0.1, -0.05) is 17.7 Å². The van der Waals surface area contributed by atoms with Crippen LogP contribution in [0.4, 0.5) is 10.3 Å². The Hall–Kier alpha value is -2.49. The maximum Gasteiger partial charge on any atom is 0.261 e. The van der Waals surface area contributed by atoms with Gasteiger partial charge in [-0.2, -0.15) is 4.98 Å². The number of hydrogen-bond acceptors (Lipinski definition) is 7. The Bertz CT molecular complexity index is 1030. The number of amides is 1. The highest BCUT2D eigenvalue weighted by Crippen LogP contribution is 2.29. The van der Waals surface area contributed by atoms with Crippen LogP contribution in [0.5, 0.6) is 5.88 Å². The summed E-state index contributed by atoms with van der Waals surface area (Å²) < 4.78 is 25.6. The van der Waals surface area contributed by atoms with Crippen LogP contribution in [0.25, 0.3) is 0 Å². The third-order valence-corrected chi connectivity index (χ3v) is 7.01. The highest BCUT2D eigenvalue weighted by molar-refractivity contribution is 6.30. The zero-order chi connectivity index (χ0) is 23.5. The van der Waals surface area contributed by atoms with Crippen LogP contribution in [-0.2, 0) is 16.0 Å². The van der Waals surface area contributed by atoms with E-state index in [2.05, 4.69) is 25.9 Å². The lowest BCUT2D eigenvalue weighted by Crippen LogP contribution is -2.47. The summed E-state index contributed by atoms with van der Waals surface area (Å²) >= 11 is 5.87. The number of rotatable bonds is 6. The van der Waals surface area contributed by atoms with E-state index in [9.17, 15) is 9.18 Å². The normalized spacial score (nSPS) is 23.6. The van der Waals surface area contributed by atoms with E-state index in [0.29, 0.717) is 30.2 Å². The second kappa shape index (κ2) is 10.4. The Morgan fingerprint density at radius 1 is 1.24 bits per heavy atom. The third kappa shape index (κ3) is 5.26. The van der Waals surface area contributed by atoms with Crippen LogP contribution >= 0.6 is 11.6 Å². The standard InChI is InChI=1S/C24H29ClFN5O3/c25-17-5-3-14(12-18(17)26)21(19-2-1-9-27-19)30-22(32)20-6-4-15-13-28-24(31-23(15)34-20)29-16-7-10-33-11-8-16/h3,5,12-13,16,19-21,27H,1-2,4,6-11H2,(H,30,32)(H,28,29,31)/t19-,20+,21+/m0/s1. The molecule has 3 aliphatic rings. The molecule has 0 radical (unpaired) electrons. The van der Waals surface area contributed by atoms with E-state index in [4.69, 9.17) is 21.1 Å². The van der Waals surface area contributed by atoms with Gasteiger partial charge < -0.3 is 25.4 Å². The first-order valence-corrected chi connectivity index (χ1v) is 12.3.